The van der Waals surface area contributed by atoms with Crippen molar-refractivity contribution in [2.24, 2.45) is 7.05 Å². The maximum atomic E-state index is 13.6. The van der Waals surface area contributed by atoms with Crippen molar-refractivity contribution in [2.45, 2.75) is 13.8 Å². The highest BCUT2D eigenvalue weighted by Gasteiger charge is 2.19. The Morgan fingerprint density at radius 3 is 2.45 bits per heavy atom. The third-order valence-corrected chi connectivity index (χ3v) is 4.56. The Balaban J connectivity index is 1.72. The number of aromatic nitrogens is 2. The number of nitrogens with zero attached hydrogens (tertiary/aromatic N) is 2. The summed E-state index contributed by atoms with van der Waals surface area (Å²) in [6.07, 6.45) is 0. The van der Waals surface area contributed by atoms with Crippen LogP contribution < -0.4 is 10.9 Å². The molecule has 0 fully saturated rings. The van der Waals surface area contributed by atoms with Gasteiger partial charge in [-0.3, -0.25) is 14.3 Å². The van der Waals surface area contributed by atoms with Gasteiger partial charge in [0, 0.05) is 7.05 Å². The lowest BCUT2D eigenvalue weighted by atomic mass is 10.1. The van der Waals surface area contributed by atoms with Crippen molar-refractivity contribution >= 4 is 17.6 Å². The van der Waals surface area contributed by atoms with Gasteiger partial charge in [0.2, 0.25) is 0 Å². The highest BCUT2D eigenvalue weighted by atomic mass is 19.1. The first-order valence-electron chi connectivity index (χ1n) is 8.86. The van der Waals surface area contributed by atoms with Crippen LogP contribution >= 0.6 is 0 Å². The van der Waals surface area contributed by atoms with Crippen LogP contribution in [-0.2, 0) is 16.6 Å². The number of nitrogens with one attached hydrogen (secondary N) is 1. The van der Waals surface area contributed by atoms with Crippen molar-refractivity contribution in [3.8, 4) is 5.69 Å². The molecule has 29 heavy (non-hydrogen) atoms. The molecular formula is C21H20FN3O4. The molecule has 0 unspecified atom stereocenters. The van der Waals surface area contributed by atoms with Crippen molar-refractivity contribution in [3.63, 3.8) is 0 Å². The molecule has 0 aliphatic carbocycles. The fourth-order valence-corrected chi connectivity index (χ4v) is 2.82. The number of rotatable bonds is 5. The van der Waals surface area contributed by atoms with Gasteiger partial charge in [0.05, 0.1) is 16.9 Å². The van der Waals surface area contributed by atoms with E-state index >= 15 is 0 Å². The van der Waals surface area contributed by atoms with Crippen LogP contribution in [0.4, 0.5) is 10.1 Å². The van der Waals surface area contributed by atoms with Gasteiger partial charge in [0.1, 0.15) is 11.5 Å². The van der Waals surface area contributed by atoms with Gasteiger partial charge in [0.25, 0.3) is 11.5 Å². The third-order valence-electron chi connectivity index (χ3n) is 4.56. The van der Waals surface area contributed by atoms with Crippen molar-refractivity contribution in [1.29, 1.82) is 0 Å². The summed E-state index contributed by atoms with van der Waals surface area (Å²) in [5, 5.41) is 2.49. The minimum Gasteiger partial charge on any atom is -0.452 e. The molecule has 0 spiro atoms. The van der Waals surface area contributed by atoms with E-state index in [0.29, 0.717) is 16.9 Å². The smallest absolute Gasteiger partial charge is 0.338 e. The number of amides is 1. The van der Waals surface area contributed by atoms with Gasteiger partial charge in [-0.15, -0.1) is 0 Å². The summed E-state index contributed by atoms with van der Waals surface area (Å²) in [6, 6.07) is 12.9. The SMILES string of the molecule is Cc1ccc(C(=O)OCC(=O)Nc2c(C)n(C)n(-c3ccccc3)c2=O)cc1F. The second-order valence-corrected chi connectivity index (χ2v) is 6.52. The van der Waals surface area contributed by atoms with Gasteiger partial charge in [-0.05, 0) is 43.7 Å². The topological polar surface area (TPSA) is 82.3 Å². The largest absolute Gasteiger partial charge is 0.452 e. The molecule has 2 aromatic carbocycles. The van der Waals surface area contributed by atoms with E-state index < -0.39 is 29.9 Å². The Morgan fingerprint density at radius 1 is 1.10 bits per heavy atom. The Kier molecular flexibility index (Phi) is 5.63. The highest BCUT2D eigenvalue weighted by molar-refractivity contribution is 5.95. The van der Waals surface area contributed by atoms with Gasteiger partial charge in [0.15, 0.2) is 6.61 Å². The van der Waals surface area contributed by atoms with Gasteiger partial charge < -0.3 is 10.1 Å². The number of benzene rings is 2. The Bertz CT molecular complexity index is 1130. The van der Waals surface area contributed by atoms with Crippen molar-refractivity contribution in [1.82, 2.24) is 9.36 Å². The van der Waals surface area contributed by atoms with Gasteiger partial charge in [-0.2, -0.15) is 0 Å². The second kappa shape index (κ2) is 8.14. The van der Waals surface area contributed by atoms with Crippen LogP contribution in [0.25, 0.3) is 5.69 Å². The maximum Gasteiger partial charge on any atom is 0.338 e. The molecule has 3 rings (SSSR count). The normalized spacial score (nSPS) is 10.6. The first kappa shape index (κ1) is 20.1. The zero-order valence-corrected chi connectivity index (χ0v) is 16.2. The molecule has 1 aromatic heterocycles. The fourth-order valence-electron chi connectivity index (χ4n) is 2.82. The lowest BCUT2D eigenvalue weighted by Gasteiger charge is -2.07. The zero-order chi connectivity index (χ0) is 21.1. The molecule has 1 N–H and O–H groups in total. The molecule has 0 saturated carbocycles. The van der Waals surface area contributed by atoms with Crippen LogP contribution in [0.1, 0.15) is 21.6 Å². The molecule has 1 amide bonds. The summed E-state index contributed by atoms with van der Waals surface area (Å²) in [6.45, 7) is 2.66. The predicted molar refractivity (Wildman–Crippen MR) is 106 cm³/mol. The minimum absolute atomic E-state index is 0.00299. The lowest BCUT2D eigenvalue weighted by molar-refractivity contribution is -0.119. The fraction of sp³-hybridized carbons (Fsp3) is 0.190. The van der Waals surface area contributed by atoms with E-state index in [1.807, 2.05) is 6.07 Å². The molecule has 0 saturated heterocycles. The van der Waals surface area contributed by atoms with Crippen LogP contribution in [0.2, 0.25) is 0 Å². The monoisotopic (exact) mass is 397 g/mol. The van der Waals surface area contributed by atoms with E-state index in [1.165, 1.54) is 16.8 Å². The molecule has 1 heterocycles. The van der Waals surface area contributed by atoms with Crippen molar-refractivity contribution in [3.05, 3.63) is 81.5 Å². The lowest BCUT2D eigenvalue weighted by Crippen LogP contribution is -2.25. The number of ether oxygens (including phenoxy) is 1. The summed E-state index contributed by atoms with van der Waals surface area (Å²) < 4.78 is 21.5. The number of halogens is 1. The summed E-state index contributed by atoms with van der Waals surface area (Å²) in [5.41, 5.74) is 1.28. The van der Waals surface area contributed by atoms with E-state index in [1.54, 1.807) is 49.8 Å². The molecule has 0 aliphatic heterocycles. The summed E-state index contributed by atoms with van der Waals surface area (Å²) in [5.74, 6) is -2.03. The number of carbonyl (C=O) groups excluding carboxylic acids is 2. The Labute approximate surface area is 166 Å². The summed E-state index contributed by atoms with van der Waals surface area (Å²) in [4.78, 5) is 37.0. The van der Waals surface area contributed by atoms with Crippen LogP contribution in [0.3, 0.4) is 0 Å². The zero-order valence-electron chi connectivity index (χ0n) is 16.2. The van der Waals surface area contributed by atoms with Crippen LogP contribution in [0.15, 0.2) is 53.3 Å². The van der Waals surface area contributed by atoms with Gasteiger partial charge >= 0.3 is 5.97 Å². The van der Waals surface area contributed by atoms with Crippen molar-refractivity contribution in [2.75, 3.05) is 11.9 Å². The molecule has 8 heteroatoms. The standard InChI is InChI=1S/C21H20FN3O4/c1-13-9-10-15(11-17(13)22)21(28)29-12-18(26)23-19-14(2)24(3)25(20(19)27)16-7-5-4-6-8-16/h4-11H,12H2,1-3H3,(H,23,26). The molecule has 0 aliphatic rings. The molecule has 0 atom stereocenters. The average molecular weight is 397 g/mol. The predicted octanol–water partition coefficient (Wildman–Crippen LogP) is 2.73. The van der Waals surface area contributed by atoms with Crippen molar-refractivity contribution < 1.29 is 18.7 Å². The van der Waals surface area contributed by atoms with Gasteiger partial charge in [-0.1, -0.05) is 24.3 Å². The van der Waals surface area contributed by atoms with E-state index in [4.69, 9.17) is 4.74 Å². The number of aryl methyl sites for hydroxylation is 1. The second-order valence-electron chi connectivity index (χ2n) is 6.52. The van der Waals surface area contributed by atoms with Crippen LogP contribution in [0.5, 0.6) is 0 Å². The molecule has 0 radical (unpaired) electrons. The number of para-hydroxylation sites is 1. The third kappa shape index (κ3) is 4.11. The van der Waals surface area contributed by atoms with E-state index in [-0.39, 0.29) is 11.3 Å². The summed E-state index contributed by atoms with van der Waals surface area (Å²) >= 11 is 0. The molecule has 7 nitrogen and oxygen atoms in total. The number of hydrogen-bond acceptors (Lipinski definition) is 4. The van der Waals surface area contributed by atoms with Crippen LogP contribution in [0, 0.1) is 19.7 Å². The number of anilines is 1. The van der Waals surface area contributed by atoms with Crippen LogP contribution in [-0.4, -0.2) is 27.8 Å². The number of esters is 1. The highest BCUT2D eigenvalue weighted by Crippen LogP contribution is 2.14. The Hall–Kier alpha value is -3.68. The molecule has 0 bridgehead atoms. The summed E-state index contributed by atoms with van der Waals surface area (Å²) in [7, 11) is 1.70. The Morgan fingerprint density at radius 2 is 1.79 bits per heavy atom. The molecule has 3 aromatic rings. The quantitative estimate of drug-likeness (QED) is 0.671. The van der Waals surface area contributed by atoms with Gasteiger partial charge in [-0.25, -0.2) is 13.9 Å². The number of hydrogen-bond donors (Lipinski definition) is 1. The average Bonchev–Trinajstić information content (AvgIpc) is 2.92. The molecule has 150 valence electrons. The van der Waals surface area contributed by atoms with E-state index in [2.05, 4.69) is 5.32 Å². The number of carbonyl (C=O) groups is 2. The van der Waals surface area contributed by atoms with E-state index in [0.717, 1.165) is 6.07 Å². The first-order valence-corrected chi connectivity index (χ1v) is 8.86. The molecular weight excluding hydrogens is 377 g/mol. The maximum absolute atomic E-state index is 13.6. The first-order chi connectivity index (χ1) is 13.8. The minimum atomic E-state index is -0.828. The van der Waals surface area contributed by atoms with E-state index in [9.17, 15) is 18.8 Å².